The lowest BCUT2D eigenvalue weighted by molar-refractivity contribution is 0.0821. The Labute approximate surface area is 181 Å². The molecule has 31 heavy (non-hydrogen) atoms. The van der Waals surface area contributed by atoms with E-state index >= 15 is 0 Å². The summed E-state index contributed by atoms with van der Waals surface area (Å²) < 4.78 is 40.9. The highest BCUT2D eigenvalue weighted by Gasteiger charge is 2.23. The lowest BCUT2D eigenvalue weighted by Gasteiger charge is -2.20. The van der Waals surface area contributed by atoms with Crippen molar-refractivity contribution in [3.8, 4) is 0 Å². The van der Waals surface area contributed by atoms with Gasteiger partial charge in [0.05, 0.1) is 12.4 Å². The van der Waals surface area contributed by atoms with Gasteiger partial charge in [0.15, 0.2) is 5.03 Å². The summed E-state index contributed by atoms with van der Waals surface area (Å²) in [6.07, 6.45) is 1.91. The van der Waals surface area contributed by atoms with E-state index in [1.807, 2.05) is 32.4 Å². The van der Waals surface area contributed by atoms with Gasteiger partial charge in [-0.05, 0) is 35.1 Å². The van der Waals surface area contributed by atoms with Crippen LogP contribution in [-0.2, 0) is 10.0 Å². The van der Waals surface area contributed by atoms with Crippen molar-refractivity contribution in [1.29, 1.82) is 0 Å². The number of hydrogen-bond donors (Lipinski definition) is 2. The molecule has 0 radical (unpaired) electrons. The average molecular weight is 452 g/mol. The third-order valence-corrected chi connectivity index (χ3v) is 5.62. The smallest absolute Gasteiger partial charge is 0.333 e. The van der Waals surface area contributed by atoms with Crippen molar-refractivity contribution in [2.24, 2.45) is 0 Å². The summed E-state index contributed by atoms with van der Waals surface area (Å²) in [5.41, 5.74) is 1.41. The second-order valence-electron chi connectivity index (χ2n) is 7.77. The highest BCUT2D eigenvalue weighted by atomic mass is 32.2. The van der Waals surface area contributed by atoms with E-state index in [1.165, 1.54) is 31.1 Å². The van der Waals surface area contributed by atoms with Gasteiger partial charge in [0.1, 0.15) is 11.5 Å². The highest BCUT2D eigenvalue weighted by molar-refractivity contribution is 7.90. The zero-order chi connectivity index (χ0) is 23.5. The molecule has 0 saturated carbocycles. The lowest BCUT2D eigenvalue weighted by atomic mass is 9.92. The van der Waals surface area contributed by atoms with Gasteiger partial charge < -0.3 is 10.2 Å². The molecular weight excluding hydrogens is 425 g/mol. The minimum atomic E-state index is -4.35. The van der Waals surface area contributed by atoms with E-state index in [0.717, 1.165) is 12.4 Å². The van der Waals surface area contributed by atoms with Crippen LogP contribution in [0.25, 0.3) is 0 Å². The van der Waals surface area contributed by atoms with Gasteiger partial charge in [-0.2, -0.15) is 8.42 Å². The number of urea groups is 1. The minimum Gasteiger partial charge on any atom is -0.343 e. The first-order chi connectivity index (χ1) is 14.3. The molecule has 1 heterocycles. The van der Waals surface area contributed by atoms with Crippen LogP contribution in [0, 0.1) is 5.82 Å². The Morgan fingerprint density at radius 1 is 1.00 bits per heavy atom. The number of aromatic nitrogens is 2. The number of carbonyl (C=O) groups excluding carboxylic acids is 2. The molecule has 168 valence electrons. The maximum absolute atomic E-state index is 14.0. The number of carbonyl (C=O) groups is 2. The SMILES string of the molecule is CC(C)c1cc(F)cc(C(C)C)c1NC(=O)NS(=O)(=O)c1cnc(C(=O)N(C)C)cn1. The maximum atomic E-state index is 14.0. The van der Waals surface area contributed by atoms with Crippen LogP contribution in [0.15, 0.2) is 29.6 Å². The molecule has 2 N–H and O–H groups in total. The van der Waals surface area contributed by atoms with Crippen molar-refractivity contribution >= 4 is 27.6 Å². The van der Waals surface area contributed by atoms with Gasteiger partial charge >= 0.3 is 6.03 Å². The normalized spacial score (nSPS) is 11.5. The number of amides is 3. The van der Waals surface area contributed by atoms with E-state index in [0.29, 0.717) is 16.8 Å². The fraction of sp³-hybridized carbons (Fsp3) is 0.400. The zero-order valence-corrected chi connectivity index (χ0v) is 19.0. The number of anilines is 1. The van der Waals surface area contributed by atoms with E-state index in [1.54, 1.807) is 0 Å². The summed E-state index contributed by atoms with van der Waals surface area (Å²) in [6.45, 7) is 7.35. The molecule has 9 nitrogen and oxygen atoms in total. The lowest BCUT2D eigenvalue weighted by Crippen LogP contribution is -2.35. The van der Waals surface area contributed by atoms with Crippen molar-refractivity contribution in [3.63, 3.8) is 0 Å². The van der Waals surface area contributed by atoms with Crippen molar-refractivity contribution in [1.82, 2.24) is 19.6 Å². The minimum absolute atomic E-state index is 0.0390. The predicted octanol–water partition coefficient (Wildman–Crippen LogP) is 3.07. The summed E-state index contributed by atoms with van der Waals surface area (Å²) in [4.78, 5) is 33.1. The predicted molar refractivity (Wildman–Crippen MR) is 114 cm³/mol. The van der Waals surface area contributed by atoms with Crippen LogP contribution in [0.3, 0.4) is 0 Å². The van der Waals surface area contributed by atoms with E-state index in [-0.39, 0.29) is 17.5 Å². The van der Waals surface area contributed by atoms with Gasteiger partial charge in [-0.1, -0.05) is 27.7 Å². The van der Waals surface area contributed by atoms with Crippen LogP contribution in [0.2, 0.25) is 0 Å². The monoisotopic (exact) mass is 451 g/mol. The van der Waals surface area contributed by atoms with Crippen LogP contribution in [-0.4, -0.2) is 49.3 Å². The first-order valence-electron chi connectivity index (χ1n) is 9.54. The average Bonchev–Trinajstić information content (AvgIpc) is 2.67. The van der Waals surface area contributed by atoms with Crippen LogP contribution >= 0.6 is 0 Å². The maximum Gasteiger partial charge on any atom is 0.333 e. The molecule has 0 aliphatic heterocycles. The van der Waals surface area contributed by atoms with E-state index in [4.69, 9.17) is 0 Å². The summed E-state index contributed by atoms with van der Waals surface area (Å²) >= 11 is 0. The van der Waals surface area contributed by atoms with E-state index in [2.05, 4.69) is 15.3 Å². The van der Waals surface area contributed by atoms with Gasteiger partial charge in [-0.25, -0.2) is 23.9 Å². The summed E-state index contributed by atoms with van der Waals surface area (Å²) in [5.74, 6) is -1.12. The van der Waals surface area contributed by atoms with Crippen LogP contribution in [0.4, 0.5) is 14.9 Å². The molecule has 2 rings (SSSR count). The molecule has 0 aliphatic carbocycles. The first kappa shape index (κ1) is 24.2. The number of halogens is 1. The number of nitrogens with one attached hydrogen (secondary N) is 2. The number of nitrogens with zero attached hydrogens (tertiary/aromatic N) is 3. The molecule has 11 heteroatoms. The Bertz CT molecular complexity index is 1050. The zero-order valence-electron chi connectivity index (χ0n) is 18.2. The van der Waals surface area contributed by atoms with E-state index < -0.39 is 32.8 Å². The summed E-state index contributed by atoms with van der Waals surface area (Å²) in [6, 6.07) is 1.60. The molecule has 0 bridgehead atoms. The molecule has 0 aliphatic rings. The molecule has 1 aromatic carbocycles. The molecule has 3 amide bonds. The third kappa shape index (κ3) is 5.75. The summed E-state index contributed by atoms with van der Waals surface area (Å²) in [5, 5.41) is 2.01. The molecule has 1 aromatic heterocycles. The highest BCUT2D eigenvalue weighted by Crippen LogP contribution is 2.33. The van der Waals surface area contributed by atoms with E-state index in [9.17, 15) is 22.4 Å². The fourth-order valence-electron chi connectivity index (χ4n) is 2.81. The fourth-order valence-corrected chi connectivity index (χ4v) is 3.60. The van der Waals surface area contributed by atoms with Crippen molar-refractivity contribution in [2.45, 2.75) is 44.6 Å². The quantitative estimate of drug-likeness (QED) is 0.696. The Morgan fingerprint density at radius 3 is 1.97 bits per heavy atom. The number of rotatable bonds is 6. The molecule has 0 atom stereocenters. The van der Waals surface area contributed by atoms with Crippen LogP contribution in [0.5, 0.6) is 0 Å². The second kappa shape index (κ2) is 9.38. The first-order valence-corrected chi connectivity index (χ1v) is 11.0. The van der Waals surface area contributed by atoms with Crippen molar-refractivity contribution in [2.75, 3.05) is 19.4 Å². The Balaban J connectivity index is 2.29. The van der Waals surface area contributed by atoms with Gasteiger partial charge in [0.2, 0.25) is 0 Å². The molecule has 0 unspecified atom stereocenters. The Morgan fingerprint density at radius 2 is 1.55 bits per heavy atom. The molecule has 0 spiro atoms. The standard InChI is InChI=1S/C20H26FN5O4S/c1-11(2)14-7-13(21)8-15(12(3)4)18(14)24-20(28)25-31(29,30)17-10-22-16(9-23-17)19(27)26(5)6/h7-12H,1-6H3,(H2,24,25,28). The Kier molecular flexibility index (Phi) is 7.32. The van der Waals surface area contributed by atoms with Crippen molar-refractivity contribution < 1.29 is 22.4 Å². The van der Waals surface area contributed by atoms with Crippen LogP contribution < -0.4 is 10.0 Å². The Hall–Kier alpha value is -3.08. The van der Waals surface area contributed by atoms with Gasteiger partial charge in [-0.15, -0.1) is 0 Å². The number of sulfonamides is 1. The molecule has 0 saturated heterocycles. The van der Waals surface area contributed by atoms with Crippen molar-refractivity contribution in [3.05, 3.63) is 47.2 Å². The van der Waals surface area contributed by atoms with Gasteiger partial charge in [0, 0.05) is 19.8 Å². The molecule has 2 aromatic rings. The molecule has 0 fully saturated rings. The number of hydrogen-bond acceptors (Lipinski definition) is 6. The second-order valence-corrected chi connectivity index (χ2v) is 9.40. The molecular formula is C20H26FN5O4S. The third-order valence-electron chi connectivity index (χ3n) is 4.40. The topological polar surface area (TPSA) is 121 Å². The van der Waals surface area contributed by atoms with Gasteiger partial charge in [-0.3, -0.25) is 4.79 Å². The van der Waals surface area contributed by atoms with Gasteiger partial charge in [0.25, 0.3) is 15.9 Å². The van der Waals surface area contributed by atoms with Crippen LogP contribution in [0.1, 0.15) is 61.1 Å². The largest absolute Gasteiger partial charge is 0.343 e. The summed E-state index contributed by atoms with van der Waals surface area (Å²) in [7, 11) is -1.31. The number of benzene rings is 1.